The molecule has 0 N–H and O–H groups in total. The van der Waals surface area contributed by atoms with E-state index >= 15 is 0 Å². The fourth-order valence-electron chi connectivity index (χ4n) is 1.68. The molecular weight excluding hydrogens is 200 g/mol. The molecule has 0 bridgehead atoms. The van der Waals surface area contributed by atoms with Crippen LogP contribution in [0.15, 0.2) is 36.4 Å². The Hall–Kier alpha value is -0.690. The fraction of sp³-hybridized carbons (Fsp3) is 0.429. The van der Waals surface area contributed by atoms with Crippen molar-refractivity contribution >= 4 is 16.7 Å². The molecule has 1 aliphatic heterocycles. The van der Waals surface area contributed by atoms with Gasteiger partial charge in [-0.3, -0.25) is 0 Å². The minimum absolute atomic E-state index is 0.267. The summed E-state index contributed by atoms with van der Waals surface area (Å²) >= 11 is 1.99. The van der Waals surface area contributed by atoms with Crippen LogP contribution in [0.25, 0.3) is 4.91 Å². The van der Waals surface area contributed by atoms with Crippen LogP contribution >= 0.6 is 11.8 Å². The summed E-state index contributed by atoms with van der Waals surface area (Å²) in [7, 11) is 0. The van der Waals surface area contributed by atoms with Crippen molar-refractivity contribution in [2.45, 2.75) is 32.4 Å². The van der Waals surface area contributed by atoms with Gasteiger partial charge in [0.2, 0.25) is 0 Å². The Balaban J connectivity index is 2.37. The molecule has 1 heteroatoms. The van der Waals surface area contributed by atoms with E-state index in [1.807, 2.05) is 11.8 Å². The largest absolute Gasteiger partial charge is 0.119 e. The molecule has 1 aliphatic rings. The van der Waals surface area contributed by atoms with Crippen molar-refractivity contribution in [3.8, 4) is 0 Å². The number of rotatable bonds is 1. The van der Waals surface area contributed by atoms with E-state index in [1.54, 1.807) is 0 Å². The van der Waals surface area contributed by atoms with Crippen molar-refractivity contribution in [2.24, 2.45) is 5.41 Å². The van der Waals surface area contributed by atoms with Crippen molar-refractivity contribution < 1.29 is 0 Å². The maximum atomic E-state index is 2.41. The van der Waals surface area contributed by atoms with Crippen LogP contribution in [-0.2, 0) is 0 Å². The zero-order valence-electron chi connectivity index (χ0n) is 9.87. The molecule has 1 aromatic carbocycles. The molecule has 1 heterocycles. The van der Waals surface area contributed by atoms with Gasteiger partial charge in [0.1, 0.15) is 0 Å². The number of benzene rings is 1. The van der Waals surface area contributed by atoms with E-state index in [1.165, 1.54) is 10.5 Å². The summed E-state index contributed by atoms with van der Waals surface area (Å²) in [5.41, 5.74) is 1.61. The Bertz CT molecular complexity index is 385. The van der Waals surface area contributed by atoms with E-state index in [4.69, 9.17) is 0 Å². The molecule has 0 aliphatic carbocycles. The van der Waals surface area contributed by atoms with Crippen LogP contribution in [0, 0.1) is 5.41 Å². The monoisotopic (exact) mass is 218 g/mol. The van der Waals surface area contributed by atoms with Crippen molar-refractivity contribution in [3.05, 3.63) is 42.0 Å². The number of allylic oxidation sites excluding steroid dienone is 1. The highest BCUT2D eigenvalue weighted by molar-refractivity contribution is 8.09. The lowest BCUT2D eigenvalue weighted by Crippen LogP contribution is -2.30. The third kappa shape index (κ3) is 1.85. The van der Waals surface area contributed by atoms with Gasteiger partial charge in [-0.25, -0.2) is 0 Å². The predicted molar refractivity (Wildman–Crippen MR) is 69.9 cm³/mol. The van der Waals surface area contributed by atoms with Crippen LogP contribution in [0.5, 0.6) is 0 Å². The molecule has 2 rings (SSSR count). The van der Waals surface area contributed by atoms with Gasteiger partial charge >= 0.3 is 0 Å². The van der Waals surface area contributed by atoms with Crippen molar-refractivity contribution in [3.63, 3.8) is 0 Å². The smallest absolute Gasteiger partial charge is 0.0236 e. The van der Waals surface area contributed by atoms with Crippen LogP contribution in [0.3, 0.4) is 0 Å². The first-order chi connectivity index (χ1) is 6.92. The van der Waals surface area contributed by atoms with Crippen molar-refractivity contribution in [2.75, 3.05) is 0 Å². The predicted octanol–water partition coefficient (Wildman–Crippen LogP) is 4.58. The van der Waals surface area contributed by atoms with Gasteiger partial charge in [-0.05, 0) is 24.8 Å². The van der Waals surface area contributed by atoms with Gasteiger partial charge in [0.15, 0.2) is 0 Å². The minimum atomic E-state index is 0.267. The van der Waals surface area contributed by atoms with E-state index in [2.05, 4.69) is 64.1 Å². The maximum Gasteiger partial charge on any atom is 0.0236 e. The topological polar surface area (TPSA) is 0 Å². The summed E-state index contributed by atoms with van der Waals surface area (Å²) in [6, 6.07) is 10.7. The van der Waals surface area contributed by atoms with Gasteiger partial charge in [0, 0.05) is 9.65 Å². The SMILES string of the molecule is CC1(C)C=C(c2ccccc2)SC1(C)C. The Kier molecular flexibility index (Phi) is 2.46. The second-order valence-electron chi connectivity index (χ2n) is 5.21. The second kappa shape index (κ2) is 3.41. The quantitative estimate of drug-likeness (QED) is 0.665. The molecule has 15 heavy (non-hydrogen) atoms. The lowest BCUT2D eigenvalue weighted by Gasteiger charge is -2.33. The molecule has 0 radical (unpaired) electrons. The minimum Gasteiger partial charge on any atom is -0.119 e. The summed E-state index contributed by atoms with van der Waals surface area (Å²) in [4.78, 5) is 1.42. The molecule has 80 valence electrons. The number of hydrogen-bond donors (Lipinski definition) is 0. The van der Waals surface area contributed by atoms with E-state index in [-0.39, 0.29) is 10.2 Å². The van der Waals surface area contributed by atoms with Crippen LogP contribution in [0.1, 0.15) is 33.3 Å². The molecular formula is C14H18S. The molecule has 0 fully saturated rings. The summed E-state index contributed by atoms with van der Waals surface area (Å²) < 4.78 is 0.290. The highest BCUT2D eigenvalue weighted by atomic mass is 32.2. The lowest BCUT2D eigenvalue weighted by molar-refractivity contribution is 0.381. The van der Waals surface area contributed by atoms with Crippen LogP contribution < -0.4 is 0 Å². The lowest BCUT2D eigenvalue weighted by atomic mass is 9.80. The van der Waals surface area contributed by atoms with Gasteiger partial charge in [0.25, 0.3) is 0 Å². The average Bonchev–Trinajstić information content (AvgIpc) is 2.38. The molecule has 0 unspecified atom stereocenters. The van der Waals surface area contributed by atoms with Gasteiger partial charge in [-0.15, -0.1) is 11.8 Å². The summed E-state index contributed by atoms with van der Waals surface area (Å²) in [5, 5.41) is 0. The van der Waals surface area contributed by atoms with E-state index in [0.29, 0.717) is 0 Å². The fourth-order valence-corrected chi connectivity index (χ4v) is 3.16. The molecule has 0 amide bonds. The van der Waals surface area contributed by atoms with Crippen molar-refractivity contribution in [1.82, 2.24) is 0 Å². The average molecular weight is 218 g/mol. The van der Waals surface area contributed by atoms with E-state index in [0.717, 1.165) is 0 Å². The first-order valence-electron chi connectivity index (χ1n) is 5.40. The Morgan fingerprint density at radius 3 is 2.00 bits per heavy atom. The number of hydrogen-bond acceptors (Lipinski definition) is 1. The molecule has 0 saturated heterocycles. The second-order valence-corrected chi connectivity index (χ2v) is 6.87. The van der Waals surface area contributed by atoms with Gasteiger partial charge in [-0.2, -0.15) is 0 Å². The van der Waals surface area contributed by atoms with Crippen LogP contribution in [-0.4, -0.2) is 4.75 Å². The molecule has 0 saturated carbocycles. The summed E-state index contributed by atoms with van der Waals surface area (Å²) in [6.07, 6.45) is 2.41. The van der Waals surface area contributed by atoms with Crippen LogP contribution in [0.2, 0.25) is 0 Å². The Morgan fingerprint density at radius 1 is 0.933 bits per heavy atom. The molecule has 1 aromatic rings. The molecule has 0 nitrogen and oxygen atoms in total. The maximum absolute atomic E-state index is 2.41. The first kappa shape index (κ1) is 10.8. The first-order valence-corrected chi connectivity index (χ1v) is 6.21. The zero-order chi connectivity index (χ0) is 11.1. The number of thioether (sulfide) groups is 1. The summed E-state index contributed by atoms with van der Waals surface area (Å²) in [5.74, 6) is 0. The third-order valence-electron chi connectivity index (χ3n) is 3.47. The van der Waals surface area contributed by atoms with E-state index in [9.17, 15) is 0 Å². The zero-order valence-corrected chi connectivity index (χ0v) is 10.7. The van der Waals surface area contributed by atoms with Crippen LogP contribution in [0.4, 0.5) is 0 Å². The van der Waals surface area contributed by atoms with Gasteiger partial charge in [-0.1, -0.05) is 50.3 Å². The highest BCUT2D eigenvalue weighted by Crippen LogP contribution is 2.55. The molecule has 0 atom stereocenters. The highest BCUT2D eigenvalue weighted by Gasteiger charge is 2.42. The Labute approximate surface area is 96.8 Å². The molecule has 0 spiro atoms. The summed E-state index contributed by atoms with van der Waals surface area (Å²) in [6.45, 7) is 9.28. The van der Waals surface area contributed by atoms with E-state index < -0.39 is 0 Å². The van der Waals surface area contributed by atoms with Crippen molar-refractivity contribution in [1.29, 1.82) is 0 Å². The Morgan fingerprint density at radius 2 is 1.53 bits per heavy atom. The normalized spacial score (nSPS) is 22.5. The van der Waals surface area contributed by atoms with Gasteiger partial charge < -0.3 is 0 Å². The van der Waals surface area contributed by atoms with Gasteiger partial charge in [0.05, 0.1) is 0 Å². The third-order valence-corrected chi connectivity index (χ3v) is 5.08. The standard InChI is InChI=1S/C14H18S/c1-13(2)10-12(15-14(13,3)4)11-8-6-5-7-9-11/h5-10H,1-4H3. The molecule has 0 aromatic heterocycles.